The van der Waals surface area contributed by atoms with E-state index in [-0.39, 0.29) is 5.75 Å². The van der Waals surface area contributed by atoms with Gasteiger partial charge in [-0.15, -0.1) is 0 Å². The lowest BCUT2D eigenvalue weighted by molar-refractivity contribution is 0.294. The predicted octanol–water partition coefficient (Wildman–Crippen LogP) is 2.52. The molecule has 1 aromatic carbocycles. The van der Waals surface area contributed by atoms with Gasteiger partial charge in [0.05, 0.1) is 12.4 Å². The van der Waals surface area contributed by atoms with Crippen LogP contribution in [-0.4, -0.2) is 46.6 Å². The summed E-state index contributed by atoms with van der Waals surface area (Å²) in [7, 11) is -1.33. The summed E-state index contributed by atoms with van der Waals surface area (Å²) in [4.78, 5) is 4.12. The maximum atomic E-state index is 11.2. The molecule has 0 aliphatic heterocycles. The fourth-order valence-electron chi connectivity index (χ4n) is 2.37. The molecule has 1 rings (SSSR count). The van der Waals surface area contributed by atoms with Gasteiger partial charge in [-0.3, -0.25) is 4.99 Å². The molecule has 0 bridgehead atoms. The number of aliphatic imine (C=N–C) groups is 1. The quantitative estimate of drug-likeness (QED) is 0.369. The molecule has 0 saturated carbocycles. The monoisotopic (exact) mass is 383 g/mol. The Morgan fingerprint density at radius 2 is 2.00 bits per heavy atom. The van der Waals surface area contributed by atoms with Gasteiger partial charge in [0.25, 0.3) is 0 Å². The number of nitrogens with one attached hydrogen (secondary N) is 2. The molecule has 0 heterocycles. The normalized spacial score (nSPS) is 12.3. The lowest BCUT2D eigenvalue weighted by Gasteiger charge is -2.15. The molecule has 0 aliphatic rings. The lowest BCUT2D eigenvalue weighted by atomic mass is 10.1. The van der Waals surface area contributed by atoms with Gasteiger partial charge >= 0.3 is 0 Å². The summed E-state index contributed by atoms with van der Waals surface area (Å²) in [5.41, 5.74) is 2.20. The average molecular weight is 384 g/mol. The number of hydrogen-bond donors (Lipinski definition) is 2. The van der Waals surface area contributed by atoms with E-state index in [9.17, 15) is 8.42 Å². The number of aryl methyl sites for hydroxylation is 1. The van der Waals surface area contributed by atoms with Gasteiger partial charge in [-0.25, -0.2) is 8.42 Å². The second kappa shape index (κ2) is 11.1. The highest BCUT2D eigenvalue weighted by molar-refractivity contribution is 7.90. The first-order chi connectivity index (χ1) is 12.2. The van der Waals surface area contributed by atoms with Crippen LogP contribution in [0, 0.1) is 12.8 Å². The van der Waals surface area contributed by atoms with Crippen LogP contribution in [0.1, 0.15) is 37.8 Å². The van der Waals surface area contributed by atoms with Gasteiger partial charge in [0, 0.05) is 32.0 Å². The van der Waals surface area contributed by atoms with Crippen LogP contribution < -0.4 is 15.4 Å². The third-order valence-corrected chi connectivity index (χ3v) is 4.79. The minimum atomic E-state index is -2.99. The van der Waals surface area contributed by atoms with Crippen LogP contribution in [0.3, 0.4) is 0 Å². The van der Waals surface area contributed by atoms with E-state index in [0.717, 1.165) is 29.7 Å². The number of nitrogens with zero attached hydrogens (tertiary/aromatic N) is 1. The first-order valence-corrected chi connectivity index (χ1v) is 11.1. The van der Waals surface area contributed by atoms with E-state index < -0.39 is 9.84 Å². The average Bonchev–Trinajstić information content (AvgIpc) is 2.54. The largest absolute Gasteiger partial charge is 0.493 e. The Morgan fingerprint density at radius 3 is 2.62 bits per heavy atom. The summed E-state index contributed by atoms with van der Waals surface area (Å²) in [5, 5.41) is 6.22. The smallest absolute Gasteiger partial charge is 0.191 e. The van der Waals surface area contributed by atoms with Crippen molar-refractivity contribution in [3.8, 4) is 5.75 Å². The maximum Gasteiger partial charge on any atom is 0.191 e. The molecule has 26 heavy (non-hydrogen) atoms. The van der Waals surface area contributed by atoms with E-state index in [2.05, 4.69) is 35.5 Å². The number of hydrogen-bond acceptors (Lipinski definition) is 4. The minimum Gasteiger partial charge on any atom is -0.493 e. The number of sulfone groups is 1. The lowest BCUT2D eigenvalue weighted by Crippen LogP contribution is -2.39. The topological polar surface area (TPSA) is 79.8 Å². The Labute approximate surface area is 158 Å². The predicted molar refractivity (Wildman–Crippen MR) is 109 cm³/mol. The highest BCUT2D eigenvalue weighted by atomic mass is 32.2. The van der Waals surface area contributed by atoms with E-state index in [1.807, 2.05) is 19.1 Å². The Bertz CT molecular complexity index is 685. The third-order valence-electron chi connectivity index (χ3n) is 3.84. The standard InChI is InChI=1S/C19H33N3O3S/c1-15(2)7-6-11-25-18-13-16(3)8-9-17(18)14-22-19(20-4)21-10-12-26(5,23)24/h8-9,13,15H,6-7,10-12,14H2,1-5H3,(H2,20,21,22). The van der Waals surface area contributed by atoms with E-state index in [0.29, 0.717) is 31.6 Å². The number of benzene rings is 1. The summed E-state index contributed by atoms with van der Waals surface area (Å²) < 4.78 is 28.4. The van der Waals surface area contributed by atoms with Gasteiger partial charge in [0.1, 0.15) is 15.6 Å². The molecule has 0 aliphatic carbocycles. The molecule has 2 N–H and O–H groups in total. The van der Waals surface area contributed by atoms with Gasteiger partial charge < -0.3 is 15.4 Å². The molecule has 7 heteroatoms. The molecule has 6 nitrogen and oxygen atoms in total. The summed E-state index contributed by atoms with van der Waals surface area (Å²) in [6, 6.07) is 6.15. The summed E-state index contributed by atoms with van der Waals surface area (Å²) >= 11 is 0. The van der Waals surface area contributed by atoms with Crippen LogP contribution in [0.5, 0.6) is 5.75 Å². The van der Waals surface area contributed by atoms with Gasteiger partial charge in [0.2, 0.25) is 0 Å². The summed E-state index contributed by atoms with van der Waals surface area (Å²) in [6.07, 6.45) is 3.41. The van der Waals surface area contributed by atoms with Crippen LogP contribution in [0.25, 0.3) is 0 Å². The second-order valence-corrected chi connectivity index (χ2v) is 9.24. The third kappa shape index (κ3) is 9.65. The van der Waals surface area contributed by atoms with Gasteiger partial charge in [-0.1, -0.05) is 26.0 Å². The van der Waals surface area contributed by atoms with Crippen molar-refractivity contribution in [2.45, 2.75) is 40.2 Å². The van der Waals surface area contributed by atoms with Gasteiger partial charge in [0.15, 0.2) is 5.96 Å². The zero-order chi connectivity index (χ0) is 19.6. The molecule has 1 aromatic rings. The number of ether oxygens (including phenoxy) is 1. The molecule has 0 spiro atoms. The molecule has 0 radical (unpaired) electrons. The maximum absolute atomic E-state index is 11.2. The fourth-order valence-corrected chi connectivity index (χ4v) is 2.84. The Hall–Kier alpha value is -1.76. The van der Waals surface area contributed by atoms with Crippen LogP contribution in [-0.2, 0) is 16.4 Å². The molecule has 0 unspecified atom stereocenters. The molecular formula is C19H33N3O3S. The van der Waals surface area contributed by atoms with Crippen LogP contribution in [0.4, 0.5) is 0 Å². The van der Waals surface area contributed by atoms with Crippen molar-refractivity contribution in [3.05, 3.63) is 29.3 Å². The SMILES string of the molecule is CN=C(NCCS(C)(=O)=O)NCc1ccc(C)cc1OCCCC(C)C. The minimum absolute atomic E-state index is 0.0719. The highest BCUT2D eigenvalue weighted by Gasteiger charge is 2.07. The van der Waals surface area contributed by atoms with Gasteiger partial charge in [-0.2, -0.15) is 0 Å². The molecule has 0 fully saturated rings. The Balaban J connectivity index is 2.59. The molecule has 0 amide bonds. The van der Waals surface area contributed by atoms with Crippen molar-refractivity contribution in [1.29, 1.82) is 0 Å². The number of rotatable bonds is 10. The van der Waals surface area contributed by atoms with Crippen molar-refractivity contribution in [1.82, 2.24) is 10.6 Å². The van der Waals surface area contributed by atoms with Crippen molar-refractivity contribution < 1.29 is 13.2 Å². The summed E-state index contributed by atoms with van der Waals surface area (Å²) in [6.45, 7) is 8.05. The van der Waals surface area contributed by atoms with Gasteiger partial charge in [-0.05, 0) is 37.3 Å². The van der Waals surface area contributed by atoms with Crippen molar-refractivity contribution in [3.63, 3.8) is 0 Å². The second-order valence-electron chi connectivity index (χ2n) is 6.98. The molecule has 148 valence electrons. The van der Waals surface area contributed by atoms with E-state index >= 15 is 0 Å². The summed E-state index contributed by atoms with van der Waals surface area (Å²) in [5.74, 6) is 2.20. The van der Waals surface area contributed by atoms with Crippen molar-refractivity contribution in [2.24, 2.45) is 10.9 Å². The Morgan fingerprint density at radius 1 is 1.27 bits per heavy atom. The van der Waals surface area contributed by atoms with E-state index in [1.165, 1.54) is 6.26 Å². The zero-order valence-corrected chi connectivity index (χ0v) is 17.4. The molecule has 0 aromatic heterocycles. The van der Waals surface area contributed by atoms with Crippen LogP contribution in [0.15, 0.2) is 23.2 Å². The van der Waals surface area contributed by atoms with Crippen LogP contribution in [0.2, 0.25) is 0 Å². The van der Waals surface area contributed by atoms with Crippen molar-refractivity contribution in [2.75, 3.05) is 32.2 Å². The first-order valence-electron chi connectivity index (χ1n) is 9.06. The molecule has 0 saturated heterocycles. The zero-order valence-electron chi connectivity index (χ0n) is 16.6. The molecular weight excluding hydrogens is 350 g/mol. The van der Waals surface area contributed by atoms with Crippen LogP contribution >= 0.6 is 0 Å². The number of guanidine groups is 1. The molecule has 0 atom stereocenters. The fraction of sp³-hybridized carbons (Fsp3) is 0.632. The Kier molecular flexibility index (Phi) is 9.48. The first kappa shape index (κ1) is 22.3. The van der Waals surface area contributed by atoms with E-state index in [1.54, 1.807) is 7.05 Å². The van der Waals surface area contributed by atoms with Crippen molar-refractivity contribution >= 4 is 15.8 Å². The highest BCUT2D eigenvalue weighted by Crippen LogP contribution is 2.21. The van der Waals surface area contributed by atoms with E-state index in [4.69, 9.17) is 4.74 Å².